The third kappa shape index (κ3) is 5.14. The third-order valence-electron chi connectivity index (χ3n) is 3.81. The topological polar surface area (TPSA) is 96.0 Å². The summed E-state index contributed by atoms with van der Waals surface area (Å²) in [7, 11) is 0. The minimum Gasteiger partial charge on any atom is -0.326 e. The van der Waals surface area contributed by atoms with Crippen molar-refractivity contribution in [3.63, 3.8) is 0 Å². The number of benzene rings is 2. The number of anilines is 4. The van der Waals surface area contributed by atoms with Gasteiger partial charge in [0.25, 0.3) is 5.91 Å². The molecule has 0 radical (unpaired) electrons. The van der Waals surface area contributed by atoms with Crippen LogP contribution in [0.4, 0.5) is 23.0 Å². The molecule has 28 heavy (non-hydrogen) atoms. The van der Waals surface area contributed by atoms with E-state index in [9.17, 15) is 9.59 Å². The van der Waals surface area contributed by atoms with Gasteiger partial charge in [0.05, 0.1) is 0 Å². The van der Waals surface area contributed by atoms with Crippen LogP contribution in [0, 0.1) is 13.8 Å². The van der Waals surface area contributed by atoms with Gasteiger partial charge in [0.15, 0.2) is 0 Å². The Bertz CT molecular complexity index is 1010. The molecule has 0 aliphatic heterocycles. The van der Waals surface area contributed by atoms with E-state index in [1.165, 1.54) is 13.1 Å². The van der Waals surface area contributed by atoms with Crippen LogP contribution in [-0.4, -0.2) is 21.8 Å². The van der Waals surface area contributed by atoms with E-state index in [0.29, 0.717) is 17.3 Å². The maximum Gasteiger partial charge on any atom is 0.274 e. The summed E-state index contributed by atoms with van der Waals surface area (Å²) in [6, 6.07) is 14.5. The van der Waals surface area contributed by atoms with Crippen LogP contribution >= 0.6 is 0 Å². The first-order chi connectivity index (χ1) is 13.4. The van der Waals surface area contributed by atoms with Crippen molar-refractivity contribution in [1.82, 2.24) is 9.97 Å². The van der Waals surface area contributed by atoms with Gasteiger partial charge in [-0.25, -0.2) is 9.97 Å². The molecule has 0 bridgehead atoms. The number of nitrogens with one attached hydrogen (secondary N) is 3. The summed E-state index contributed by atoms with van der Waals surface area (Å²) < 4.78 is 0. The summed E-state index contributed by atoms with van der Waals surface area (Å²) in [6.45, 7) is 5.45. The van der Waals surface area contributed by atoms with Gasteiger partial charge in [0.2, 0.25) is 11.9 Å². The van der Waals surface area contributed by atoms with Gasteiger partial charge in [-0.2, -0.15) is 0 Å². The molecule has 0 aliphatic rings. The molecular weight excluding hydrogens is 354 g/mol. The first-order valence-electron chi connectivity index (χ1n) is 8.76. The Balaban J connectivity index is 1.74. The molecule has 0 aliphatic carbocycles. The third-order valence-corrected chi connectivity index (χ3v) is 3.81. The van der Waals surface area contributed by atoms with Crippen molar-refractivity contribution in [2.24, 2.45) is 0 Å². The smallest absolute Gasteiger partial charge is 0.274 e. The second kappa shape index (κ2) is 8.30. The van der Waals surface area contributed by atoms with E-state index in [0.717, 1.165) is 16.8 Å². The predicted octanol–water partition coefficient (Wildman–Crippen LogP) is 4.05. The molecule has 0 unspecified atom stereocenters. The number of nitrogens with zero attached hydrogens (tertiary/aromatic N) is 2. The Morgan fingerprint density at radius 2 is 1.54 bits per heavy atom. The van der Waals surface area contributed by atoms with E-state index >= 15 is 0 Å². The fourth-order valence-electron chi connectivity index (χ4n) is 2.79. The summed E-state index contributed by atoms with van der Waals surface area (Å²) >= 11 is 0. The van der Waals surface area contributed by atoms with Crippen LogP contribution in [0.15, 0.2) is 54.7 Å². The van der Waals surface area contributed by atoms with Gasteiger partial charge in [-0.1, -0.05) is 12.1 Å². The number of carbonyl (C=O) groups is 2. The van der Waals surface area contributed by atoms with Crippen molar-refractivity contribution in [3.05, 3.63) is 71.5 Å². The highest BCUT2D eigenvalue weighted by Gasteiger charge is 2.10. The number of hydrogen-bond donors (Lipinski definition) is 3. The van der Waals surface area contributed by atoms with E-state index in [1.54, 1.807) is 30.3 Å². The molecule has 2 amide bonds. The normalized spacial score (nSPS) is 10.2. The lowest BCUT2D eigenvalue weighted by atomic mass is 10.1. The standard InChI is InChI=1S/C21H21N5O2/c1-13-9-14(2)11-18(10-13)25-21-22-8-7-19(26-21)20(28)24-17-6-4-5-16(12-17)23-15(3)27/h4-12H,1-3H3,(H,23,27)(H,24,28)(H,22,25,26). The van der Waals surface area contributed by atoms with E-state index in [1.807, 2.05) is 26.0 Å². The number of aromatic nitrogens is 2. The van der Waals surface area contributed by atoms with Gasteiger partial charge in [0, 0.05) is 30.2 Å². The van der Waals surface area contributed by atoms with Crippen LogP contribution in [0.5, 0.6) is 0 Å². The number of hydrogen-bond acceptors (Lipinski definition) is 5. The largest absolute Gasteiger partial charge is 0.326 e. The lowest BCUT2D eigenvalue weighted by molar-refractivity contribution is -0.114. The molecule has 0 saturated heterocycles. The van der Waals surface area contributed by atoms with Crippen LogP contribution in [0.25, 0.3) is 0 Å². The zero-order valence-electron chi connectivity index (χ0n) is 15.9. The van der Waals surface area contributed by atoms with Gasteiger partial charge < -0.3 is 16.0 Å². The molecule has 3 aromatic rings. The molecule has 3 N–H and O–H groups in total. The Morgan fingerprint density at radius 1 is 0.857 bits per heavy atom. The zero-order valence-corrected chi connectivity index (χ0v) is 15.9. The highest BCUT2D eigenvalue weighted by atomic mass is 16.2. The van der Waals surface area contributed by atoms with Crippen molar-refractivity contribution in [2.45, 2.75) is 20.8 Å². The van der Waals surface area contributed by atoms with Crippen LogP contribution in [-0.2, 0) is 4.79 Å². The fraction of sp³-hybridized carbons (Fsp3) is 0.143. The van der Waals surface area contributed by atoms with Crippen molar-refractivity contribution >= 4 is 34.8 Å². The van der Waals surface area contributed by atoms with Crippen LogP contribution in [0.2, 0.25) is 0 Å². The van der Waals surface area contributed by atoms with Gasteiger partial charge in [-0.05, 0) is 61.4 Å². The molecule has 0 saturated carbocycles. The van der Waals surface area contributed by atoms with Gasteiger partial charge in [-0.3, -0.25) is 9.59 Å². The Morgan fingerprint density at radius 3 is 2.21 bits per heavy atom. The van der Waals surface area contributed by atoms with Crippen molar-refractivity contribution in [1.29, 1.82) is 0 Å². The second-order valence-corrected chi connectivity index (χ2v) is 6.48. The molecular formula is C21H21N5O2. The molecule has 142 valence electrons. The Hall–Kier alpha value is -3.74. The molecule has 1 aromatic heterocycles. The Kier molecular flexibility index (Phi) is 5.64. The monoisotopic (exact) mass is 375 g/mol. The van der Waals surface area contributed by atoms with Gasteiger partial charge in [-0.15, -0.1) is 0 Å². The summed E-state index contributed by atoms with van der Waals surface area (Å²) in [5, 5.41) is 8.58. The molecule has 0 fully saturated rings. The van der Waals surface area contributed by atoms with Crippen molar-refractivity contribution in [3.8, 4) is 0 Å². The molecule has 7 heteroatoms. The minimum absolute atomic E-state index is 0.179. The van der Waals surface area contributed by atoms with Crippen LogP contribution in [0.1, 0.15) is 28.5 Å². The molecule has 1 heterocycles. The van der Waals surface area contributed by atoms with E-state index in [2.05, 4.69) is 32.0 Å². The quantitative estimate of drug-likeness (QED) is 0.625. The second-order valence-electron chi connectivity index (χ2n) is 6.48. The maximum atomic E-state index is 12.5. The zero-order chi connectivity index (χ0) is 20.1. The predicted molar refractivity (Wildman–Crippen MR) is 110 cm³/mol. The average Bonchev–Trinajstić information content (AvgIpc) is 2.61. The maximum absolute atomic E-state index is 12.5. The molecule has 0 atom stereocenters. The highest BCUT2D eigenvalue weighted by Crippen LogP contribution is 2.18. The van der Waals surface area contributed by atoms with Crippen LogP contribution < -0.4 is 16.0 Å². The first kappa shape index (κ1) is 19.0. The summed E-state index contributed by atoms with van der Waals surface area (Å²) in [5.41, 5.74) is 4.49. The Labute approximate surface area is 163 Å². The summed E-state index contributed by atoms with van der Waals surface area (Å²) in [6.07, 6.45) is 1.53. The molecule has 2 aromatic carbocycles. The number of rotatable bonds is 5. The van der Waals surface area contributed by atoms with Crippen molar-refractivity contribution < 1.29 is 9.59 Å². The minimum atomic E-state index is -0.370. The number of aryl methyl sites for hydroxylation is 2. The van der Waals surface area contributed by atoms with E-state index < -0.39 is 0 Å². The van der Waals surface area contributed by atoms with Crippen molar-refractivity contribution in [2.75, 3.05) is 16.0 Å². The van der Waals surface area contributed by atoms with Gasteiger partial charge in [0.1, 0.15) is 5.69 Å². The summed E-state index contributed by atoms with van der Waals surface area (Å²) in [5.74, 6) is -0.211. The summed E-state index contributed by atoms with van der Waals surface area (Å²) in [4.78, 5) is 32.2. The van der Waals surface area contributed by atoms with E-state index in [4.69, 9.17) is 0 Å². The first-order valence-corrected chi connectivity index (χ1v) is 8.76. The molecule has 0 spiro atoms. The highest BCUT2D eigenvalue weighted by molar-refractivity contribution is 6.03. The van der Waals surface area contributed by atoms with Gasteiger partial charge >= 0.3 is 0 Å². The van der Waals surface area contributed by atoms with E-state index in [-0.39, 0.29) is 17.5 Å². The number of amides is 2. The fourth-order valence-corrected chi connectivity index (χ4v) is 2.79. The average molecular weight is 375 g/mol. The number of carbonyl (C=O) groups excluding carboxylic acids is 2. The molecule has 7 nitrogen and oxygen atoms in total. The lowest BCUT2D eigenvalue weighted by Crippen LogP contribution is -2.15. The van der Waals surface area contributed by atoms with Crippen LogP contribution in [0.3, 0.4) is 0 Å². The SMILES string of the molecule is CC(=O)Nc1cccc(NC(=O)c2ccnc(Nc3cc(C)cc(C)c3)n2)c1. The lowest BCUT2D eigenvalue weighted by Gasteiger charge is -2.10. The molecule has 3 rings (SSSR count).